The molecular weight excluding hydrogens is 316 g/mol. The van der Waals surface area contributed by atoms with Gasteiger partial charge < -0.3 is 5.32 Å². The van der Waals surface area contributed by atoms with Gasteiger partial charge in [0.15, 0.2) is 5.16 Å². The molecular formula is C15H18N4O3S. The van der Waals surface area contributed by atoms with Crippen LogP contribution in [-0.2, 0) is 11.8 Å². The molecule has 1 heterocycles. The van der Waals surface area contributed by atoms with Crippen LogP contribution in [0.3, 0.4) is 0 Å². The number of benzene rings is 1. The van der Waals surface area contributed by atoms with Gasteiger partial charge in [-0.2, -0.15) is 0 Å². The summed E-state index contributed by atoms with van der Waals surface area (Å²) in [5.41, 5.74) is 0.409. The fourth-order valence-corrected chi connectivity index (χ4v) is 2.69. The Morgan fingerprint density at radius 1 is 1.30 bits per heavy atom. The Morgan fingerprint density at radius 2 is 2.00 bits per heavy atom. The number of para-hydroxylation sites is 1. The lowest BCUT2D eigenvalue weighted by atomic mass is 10.2. The van der Waals surface area contributed by atoms with E-state index < -0.39 is 11.9 Å². The Bertz CT molecular complexity index is 801. The van der Waals surface area contributed by atoms with Gasteiger partial charge in [-0.15, -0.1) is 0 Å². The van der Waals surface area contributed by atoms with E-state index >= 15 is 0 Å². The molecule has 122 valence electrons. The number of amides is 3. The molecule has 2 rings (SSSR count). The minimum Gasteiger partial charge on any atom is -0.336 e. The van der Waals surface area contributed by atoms with Gasteiger partial charge >= 0.3 is 6.03 Å². The lowest BCUT2D eigenvalue weighted by molar-refractivity contribution is -0.117. The molecule has 0 unspecified atom stereocenters. The van der Waals surface area contributed by atoms with Crippen LogP contribution in [0.5, 0.6) is 0 Å². The molecule has 0 spiro atoms. The third-order valence-electron chi connectivity index (χ3n) is 2.95. The highest BCUT2D eigenvalue weighted by atomic mass is 32.2. The lowest BCUT2D eigenvalue weighted by Gasteiger charge is -2.10. The summed E-state index contributed by atoms with van der Waals surface area (Å²) in [5, 5.41) is 5.75. The zero-order chi connectivity index (χ0) is 17.0. The predicted octanol–water partition coefficient (Wildman–Crippen LogP) is 1.26. The van der Waals surface area contributed by atoms with Gasteiger partial charge in [-0.3, -0.25) is 19.5 Å². The van der Waals surface area contributed by atoms with Gasteiger partial charge in [0.05, 0.1) is 16.7 Å². The summed E-state index contributed by atoms with van der Waals surface area (Å²) in [6, 6.07) is 6.44. The Labute approximate surface area is 137 Å². The smallest absolute Gasteiger partial charge is 0.321 e. The Hall–Kier alpha value is -2.35. The first-order valence-electron chi connectivity index (χ1n) is 7.07. The standard InChI is InChI=1S/C15H18N4O3S/c1-9(2)16-14(22)18-12(20)8-23-15-17-11-7-5-4-6-10(11)13(21)19(15)3/h4-7,9H,8H2,1-3H3,(H2,16,18,20,22). The van der Waals surface area contributed by atoms with Gasteiger partial charge in [-0.25, -0.2) is 9.78 Å². The van der Waals surface area contributed by atoms with E-state index in [0.717, 1.165) is 11.8 Å². The normalized spacial score (nSPS) is 10.8. The second kappa shape index (κ2) is 7.28. The van der Waals surface area contributed by atoms with Crippen molar-refractivity contribution in [3.05, 3.63) is 34.6 Å². The average Bonchev–Trinajstić information content (AvgIpc) is 2.48. The first kappa shape index (κ1) is 17.0. The van der Waals surface area contributed by atoms with Crippen LogP contribution in [0.4, 0.5) is 4.79 Å². The number of hydrogen-bond donors (Lipinski definition) is 2. The molecule has 0 saturated heterocycles. The van der Waals surface area contributed by atoms with Crippen LogP contribution in [0.15, 0.2) is 34.2 Å². The number of nitrogens with one attached hydrogen (secondary N) is 2. The van der Waals surface area contributed by atoms with E-state index in [1.807, 2.05) is 0 Å². The van der Waals surface area contributed by atoms with Crippen molar-refractivity contribution < 1.29 is 9.59 Å². The van der Waals surface area contributed by atoms with Crippen LogP contribution in [-0.4, -0.2) is 33.3 Å². The summed E-state index contributed by atoms with van der Waals surface area (Å²) in [6.07, 6.45) is 0. The Balaban J connectivity index is 2.08. The molecule has 2 aromatic rings. The molecule has 3 amide bonds. The van der Waals surface area contributed by atoms with Gasteiger partial charge in [0.1, 0.15) is 0 Å². The SMILES string of the molecule is CC(C)NC(=O)NC(=O)CSc1nc2ccccc2c(=O)n1C. The van der Waals surface area contributed by atoms with Crippen LogP contribution >= 0.6 is 11.8 Å². The molecule has 0 fully saturated rings. The van der Waals surface area contributed by atoms with Crippen molar-refractivity contribution >= 4 is 34.6 Å². The predicted molar refractivity (Wildman–Crippen MR) is 89.5 cm³/mol. The number of nitrogens with zero attached hydrogens (tertiary/aromatic N) is 2. The molecule has 23 heavy (non-hydrogen) atoms. The summed E-state index contributed by atoms with van der Waals surface area (Å²) in [5.74, 6) is -0.458. The monoisotopic (exact) mass is 334 g/mol. The maximum Gasteiger partial charge on any atom is 0.321 e. The van der Waals surface area contributed by atoms with Crippen LogP contribution in [0.25, 0.3) is 10.9 Å². The van der Waals surface area contributed by atoms with E-state index in [9.17, 15) is 14.4 Å². The van der Waals surface area contributed by atoms with E-state index in [4.69, 9.17) is 0 Å². The molecule has 1 aromatic carbocycles. The molecule has 2 N–H and O–H groups in total. The van der Waals surface area contributed by atoms with Gasteiger partial charge in [0.25, 0.3) is 5.56 Å². The first-order chi connectivity index (χ1) is 10.9. The zero-order valence-electron chi connectivity index (χ0n) is 13.1. The van der Waals surface area contributed by atoms with Crippen LogP contribution in [0.2, 0.25) is 0 Å². The second-order valence-corrected chi connectivity index (χ2v) is 6.18. The average molecular weight is 334 g/mol. The van der Waals surface area contributed by atoms with Gasteiger partial charge in [-0.1, -0.05) is 23.9 Å². The Kier molecular flexibility index (Phi) is 5.38. The molecule has 0 aliphatic carbocycles. The number of aromatic nitrogens is 2. The lowest BCUT2D eigenvalue weighted by Crippen LogP contribution is -2.43. The molecule has 0 bridgehead atoms. The van der Waals surface area contributed by atoms with Crippen LogP contribution in [0.1, 0.15) is 13.8 Å². The largest absolute Gasteiger partial charge is 0.336 e. The van der Waals surface area contributed by atoms with E-state index in [2.05, 4.69) is 15.6 Å². The van der Waals surface area contributed by atoms with Crippen molar-refractivity contribution in [1.29, 1.82) is 0 Å². The number of fused-ring (bicyclic) bond motifs is 1. The number of hydrogen-bond acceptors (Lipinski definition) is 5. The third-order valence-corrected chi connectivity index (χ3v) is 3.98. The highest BCUT2D eigenvalue weighted by molar-refractivity contribution is 7.99. The van der Waals surface area contributed by atoms with Gasteiger partial charge in [0.2, 0.25) is 5.91 Å². The number of imide groups is 1. The number of rotatable bonds is 4. The Morgan fingerprint density at radius 3 is 2.70 bits per heavy atom. The fourth-order valence-electron chi connectivity index (χ4n) is 1.92. The van der Waals surface area contributed by atoms with Crippen molar-refractivity contribution in [2.24, 2.45) is 7.05 Å². The third kappa shape index (κ3) is 4.32. The first-order valence-corrected chi connectivity index (χ1v) is 8.06. The minimum atomic E-state index is -0.536. The van der Waals surface area contributed by atoms with E-state index in [1.54, 1.807) is 45.2 Å². The quantitative estimate of drug-likeness (QED) is 0.648. The fraction of sp³-hybridized carbons (Fsp3) is 0.333. The highest BCUT2D eigenvalue weighted by Crippen LogP contribution is 2.16. The van der Waals surface area contributed by atoms with Crippen molar-refractivity contribution in [1.82, 2.24) is 20.2 Å². The van der Waals surface area contributed by atoms with Crippen LogP contribution < -0.4 is 16.2 Å². The van der Waals surface area contributed by atoms with E-state index in [0.29, 0.717) is 16.1 Å². The minimum absolute atomic E-state index is 0.00979. The molecule has 0 aliphatic rings. The molecule has 8 heteroatoms. The molecule has 0 saturated carbocycles. The van der Waals surface area contributed by atoms with E-state index in [-0.39, 0.29) is 17.4 Å². The topological polar surface area (TPSA) is 93.1 Å². The van der Waals surface area contributed by atoms with Gasteiger partial charge in [0, 0.05) is 13.1 Å². The number of thioether (sulfide) groups is 1. The molecule has 0 aliphatic heterocycles. The summed E-state index contributed by atoms with van der Waals surface area (Å²) in [7, 11) is 1.60. The molecule has 7 nitrogen and oxygen atoms in total. The van der Waals surface area contributed by atoms with Crippen molar-refractivity contribution in [2.75, 3.05) is 5.75 Å². The summed E-state index contributed by atoms with van der Waals surface area (Å²) < 4.78 is 1.40. The summed E-state index contributed by atoms with van der Waals surface area (Å²) >= 11 is 1.10. The number of carbonyl (C=O) groups excluding carboxylic acids is 2. The summed E-state index contributed by atoms with van der Waals surface area (Å²) in [4.78, 5) is 39.8. The van der Waals surface area contributed by atoms with Crippen molar-refractivity contribution in [2.45, 2.75) is 25.0 Å². The number of carbonyl (C=O) groups is 2. The second-order valence-electron chi connectivity index (χ2n) is 5.24. The number of urea groups is 1. The highest BCUT2D eigenvalue weighted by Gasteiger charge is 2.12. The van der Waals surface area contributed by atoms with Crippen LogP contribution in [0, 0.1) is 0 Å². The van der Waals surface area contributed by atoms with E-state index in [1.165, 1.54) is 4.57 Å². The maximum absolute atomic E-state index is 12.2. The summed E-state index contributed by atoms with van der Waals surface area (Å²) in [6.45, 7) is 3.60. The van der Waals surface area contributed by atoms with Gasteiger partial charge in [-0.05, 0) is 26.0 Å². The maximum atomic E-state index is 12.2. The molecule has 1 aromatic heterocycles. The molecule has 0 atom stereocenters. The van der Waals surface area contributed by atoms with Crippen molar-refractivity contribution in [3.8, 4) is 0 Å². The zero-order valence-corrected chi connectivity index (χ0v) is 13.9. The molecule has 0 radical (unpaired) electrons. The van der Waals surface area contributed by atoms with Crippen molar-refractivity contribution in [3.63, 3.8) is 0 Å².